The van der Waals surface area contributed by atoms with E-state index >= 15 is 0 Å². The Labute approximate surface area is 197 Å². The highest BCUT2D eigenvalue weighted by Crippen LogP contribution is 2.36. The molecule has 2 N–H and O–H groups in total. The van der Waals surface area contributed by atoms with Crippen molar-refractivity contribution >= 4 is 33.5 Å². The molecule has 0 aliphatic carbocycles. The van der Waals surface area contributed by atoms with Crippen molar-refractivity contribution in [3.05, 3.63) is 69.6 Å². The summed E-state index contributed by atoms with van der Waals surface area (Å²) in [5.41, 5.74) is 2.91. The monoisotopic (exact) mass is 479 g/mol. The molecule has 34 heavy (non-hydrogen) atoms. The first kappa shape index (κ1) is 22.0. The number of halogens is 2. The van der Waals surface area contributed by atoms with E-state index in [1.807, 2.05) is 6.92 Å². The molecule has 0 aliphatic heterocycles. The zero-order chi connectivity index (χ0) is 23.8. The number of hydrogen-bond acceptors (Lipinski definition) is 6. The number of imidazole rings is 1. The molecule has 0 unspecified atom stereocenters. The number of aryl methyl sites for hydroxylation is 1. The lowest BCUT2D eigenvalue weighted by atomic mass is 10.0. The second-order valence-electron chi connectivity index (χ2n) is 7.52. The van der Waals surface area contributed by atoms with E-state index in [0.717, 1.165) is 5.69 Å². The van der Waals surface area contributed by atoms with Crippen LogP contribution < -0.4 is 10.3 Å². The molecule has 0 atom stereocenters. The summed E-state index contributed by atoms with van der Waals surface area (Å²) in [6, 6.07) is 9.45. The first-order chi connectivity index (χ1) is 16.5. The standard InChI is InChI=1S/C24H19ClFN5O3/c1-3-15-22-17(10-19(25)28-15)29-23(31-22)13-9-12-16(30-24(13)32)7-8-27-21(12)20-14(26)5-4-6-18(20)34-11-33-2/h4-10H,3,11H2,1-2H3,(H,29,31)(H,30,32). The van der Waals surface area contributed by atoms with Crippen molar-refractivity contribution in [1.29, 1.82) is 0 Å². The Balaban J connectivity index is 1.74. The topological polar surface area (TPSA) is 106 Å². The molecule has 0 aliphatic rings. The highest BCUT2D eigenvalue weighted by atomic mass is 35.5. The molecule has 0 bridgehead atoms. The van der Waals surface area contributed by atoms with Crippen LogP contribution in [0.25, 0.3) is 44.6 Å². The second kappa shape index (κ2) is 8.85. The summed E-state index contributed by atoms with van der Waals surface area (Å²) in [6.07, 6.45) is 2.13. The number of methoxy groups -OCH3 is 1. The Morgan fingerprint density at radius 2 is 1.97 bits per heavy atom. The highest BCUT2D eigenvalue weighted by molar-refractivity contribution is 6.30. The molecular formula is C24H19ClFN5O3. The largest absolute Gasteiger partial charge is 0.467 e. The van der Waals surface area contributed by atoms with Gasteiger partial charge < -0.3 is 19.4 Å². The van der Waals surface area contributed by atoms with Crippen LogP contribution in [-0.2, 0) is 11.2 Å². The summed E-state index contributed by atoms with van der Waals surface area (Å²) in [7, 11) is 1.48. The minimum Gasteiger partial charge on any atom is -0.467 e. The van der Waals surface area contributed by atoms with E-state index in [1.54, 1.807) is 30.3 Å². The van der Waals surface area contributed by atoms with Gasteiger partial charge in [0.05, 0.1) is 33.5 Å². The van der Waals surface area contributed by atoms with Gasteiger partial charge in [-0.2, -0.15) is 0 Å². The van der Waals surface area contributed by atoms with Gasteiger partial charge in [0.1, 0.15) is 28.1 Å². The van der Waals surface area contributed by atoms with Gasteiger partial charge in [0, 0.05) is 24.8 Å². The number of rotatable bonds is 6. The number of nitrogens with zero attached hydrogens (tertiary/aromatic N) is 3. The Bertz CT molecular complexity index is 1600. The molecular weight excluding hydrogens is 461 g/mol. The van der Waals surface area contributed by atoms with Crippen LogP contribution >= 0.6 is 11.6 Å². The minimum atomic E-state index is -0.515. The molecule has 4 aromatic heterocycles. The zero-order valence-electron chi connectivity index (χ0n) is 18.3. The van der Waals surface area contributed by atoms with E-state index in [2.05, 4.69) is 24.9 Å². The van der Waals surface area contributed by atoms with Crippen LogP contribution in [0.2, 0.25) is 5.15 Å². The average Bonchev–Trinajstić information content (AvgIpc) is 3.25. The summed E-state index contributed by atoms with van der Waals surface area (Å²) >= 11 is 6.13. The molecule has 0 saturated heterocycles. The van der Waals surface area contributed by atoms with E-state index in [9.17, 15) is 9.18 Å². The average molecular weight is 480 g/mol. The van der Waals surface area contributed by atoms with Gasteiger partial charge >= 0.3 is 0 Å². The number of nitrogens with one attached hydrogen (secondary N) is 2. The molecule has 8 nitrogen and oxygen atoms in total. The van der Waals surface area contributed by atoms with Gasteiger partial charge in [0.15, 0.2) is 6.79 Å². The third-order valence-corrected chi connectivity index (χ3v) is 5.61. The van der Waals surface area contributed by atoms with Gasteiger partial charge in [-0.3, -0.25) is 9.78 Å². The predicted molar refractivity (Wildman–Crippen MR) is 128 cm³/mol. The number of benzene rings is 1. The number of ether oxygens (including phenoxy) is 2. The van der Waals surface area contributed by atoms with E-state index < -0.39 is 5.82 Å². The lowest BCUT2D eigenvalue weighted by Gasteiger charge is -2.13. The van der Waals surface area contributed by atoms with E-state index in [4.69, 9.17) is 21.1 Å². The van der Waals surface area contributed by atoms with Crippen LogP contribution in [0, 0.1) is 5.82 Å². The van der Waals surface area contributed by atoms with E-state index in [-0.39, 0.29) is 29.2 Å². The Morgan fingerprint density at radius 1 is 1.12 bits per heavy atom. The van der Waals surface area contributed by atoms with Crippen molar-refractivity contribution in [1.82, 2.24) is 24.9 Å². The Hall–Kier alpha value is -3.82. The number of fused-ring (bicyclic) bond motifs is 2. The van der Waals surface area contributed by atoms with Crippen molar-refractivity contribution in [3.8, 4) is 28.4 Å². The minimum absolute atomic E-state index is 0.0569. The van der Waals surface area contributed by atoms with Crippen LogP contribution in [0.4, 0.5) is 4.39 Å². The fraction of sp³-hybridized carbons (Fsp3) is 0.167. The quantitative estimate of drug-likeness (QED) is 0.266. The smallest absolute Gasteiger partial charge is 0.259 e. The van der Waals surface area contributed by atoms with Crippen LogP contribution in [0.5, 0.6) is 5.75 Å². The van der Waals surface area contributed by atoms with Gasteiger partial charge in [-0.05, 0) is 30.7 Å². The maximum Gasteiger partial charge on any atom is 0.259 e. The normalized spacial score (nSPS) is 11.4. The van der Waals surface area contributed by atoms with Crippen molar-refractivity contribution in [2.24, 2.45) is 0 Å². The Kier molecular flexibility index (Phi) is 5.72. The summed E-state index contributed by atoms with van der Waals surface area (Å²) in [5, 5.41) is 0.860. The second-order valence-corrected chi connectivity index (χ2v) is 7.91. The third kappa shape index (κ3) is 3.78. The van der Waals surface area contributed by atoms with Crippen LogP contribution in [0.3, 0.4) is 0 Å². The number of aromatic nitrogens is 5. The van der Waals surface area contributed by atoms with Gasteiger partial charge in [-0.1, -0.05) is 24.6 Å². The molecule has 0 saturated carbocycles. The molecule has 5 aromatic rings. The van der Waals surface area contributed by atoms with E-state index in [0.29, 0.717) is 45.0 Å². The summed E-state index contributed by atoms with van der Waals surface area (Å²) in [6.45, 7) is 1.89. The van der Waals surface area contributed by atoms with E-state index in [1.165, 1.54) is 19.4 Å². The Morgan fingerprint density at radius 3 is 2.76 bits per heavy atom. The maximum absolute atomic E-state index is 15.0. The number of H-pyrrole nitrogens is 2. The number of hydrogen-bond donors (Lipinski definition) is 2. The first-order valence-corrected chi connectivity index (χ1v) is 10.9. The fourth-order valence-corrected chi connectivity index (χ4v) is 4.11. The summed E-state index contributed by atoms with van der Waals surface area (Å²) < 4.78 is 25.5. The SMILES string of the molecule is CCc1nc(Cl)cc2[nH]c(-c3cc4c(-c5c(F)cccc5OCOC)nccc4[nH]c3=O)nc12. The lowest BCUT2D eigenvalue weighted by Crippen LogP contribution is -2.10. The molecule has 5 rings (SSSR count). The highest BCUT2D eigenvalue weighted by Gasteiger charge is 2.19. The van der Waals surface area contributed by atoms with Crippen LogP contribution in [0.15, 0.2) is 47.4 Å². The maximum atomic E-state index is 15.0. The van der Waals surface area contributed by atoms with Gasteiger partial charge in [0.25, 0.3) is 5.56 Å². The molecule has 0 radical (unpaired) electrons. The zero-order valence-corrected chi connectivity index (χ0v) is 19.0. The first-order valence-electron chi connectivity index (χ1n) is 10.5. The lowest BCUT2D eigenvalue weighted by molar-refractivity contribution is 0.0513. The molecule has 0 fully saturated rings. The molecule has 4 heterocycles. The summed E-state index contributed by atoms with van der Waals surface area (Å²) in [5.74, 6) is 0.0983. The van der Waals surface area contributed by atoms with Gasteiger partial charge in [-0.25, -0.2) is 14.4 Å². The predicted octanol–water partition coefficient (Wildman–Crippen LogP) is 4.87. The fourth-order valence-electron chi connectivity index (χ4n) is 3.90. The molecule has 0 spiro atoms. The molecule has 10 heteroatoms. The van der Waals surface area contributed by atoms with Crippen molar-refractivity contribution in [2.45, 2.75) is 13.3 Å². The third-order valence-electron chi connectivity index (χ3n) is 5.42. The van der Waals surface area contributed by atoms with Crippen LogP contribution in [-0.4, -0.2) is 38.8 Å². The molecule has 0 amide bonds. The number of pyridine rings is 3. The van der Waals surface area contributed by atoms with Crippen molar-refractivity contribution < 1.29 is 13.9 Å². The molecule has 1 aromatic carbocycles. The number of aromatic amines is 2. The van der Waals surface area contributed by atoms with Crippen molar-refractivity contribution in [2.75, 3.05) is 13.9 Å². The van der Waals surface area contributed by atoms with Crippen molar-refractivity contribution in [3.63, 3.8) is 0 Å². The summed E-state index contributed by atoms with van der Waals surface area (Å²) in [4.78, 5) is 32.3. The van der Waals surface area contributed by atoms with Gasteiger partial charge in [0.2, 0.25) is 0 Å². The molecule has 172 valence electrons. The van der Waals surface area contributed by atoms with Crippen LogP contribution in [0.1, 0.15) is 12.6 Å². The van der Waals surface area contributed by atoms with Gasteiger partial charge in [-0.15, -0.1) is 0 Å².